The van der Waals surface area contributed by atoms with Crippen molar-refractivity contribution in [2.24, 2.45) is 4.99 Å². The van der Waals surface area contributed by atoms with E-state index in [0.717, 1.165) is 15.7 Å². The van der Waals surface area contributed by atoms with Crippen molar-refractivity contribution < 1.29 is 0 Å². The maximum atomic E-state index is 4.71. The van der Waals surface area contributed by atoms with Crippen molar-refractivity contribution in [3.05, 3.63) is 81.1 Å². The van der Waals surface area contributed by atoms with E-state index in [1.165, 1.54) is 28.2 Å². The molecule has 0 saturated heterocycles. The van der Waals surface area contributed by atoms with Gasteiger partial charge >= 0.3 is 0 Å². The Hall–Kier alpha value is -2.13. The first kappa shape index (κ1) is 16.7. The number of rotatable bonds is 3. The van der Waals surface area contributed by atoms with E-state index >= 15 is 0 Å². The van der Waals surface area contributed by atoms with Crippen LogP contribution in [0.1, 0.15) is 28.1 Å². The van der Waals surface area contributed by atoms with Crippen LogP contribution in [0.2, 0.25) is 0 Å². The summed E-state index contributed by atoms with van der Waals surface area (Å²) in [5.74, 6) is 0. The summed E-state index contributed by atoms with van der Waals surface area (Å²) in [6, 6.07) is 16.9. The smallest absolute Gasteiger partial charge is 0.0661 e. The molecule has 0 bridgehead atoms. The summed E-state index contributed by atoms with van der Waals surface area (Å²) in [5.41, 5.74) is 8.17. The average Bonchev–Trinajstić information content (AvgIpc) is 2.83. The van der Waals surface area contributed by atoms with E-state index in [-0.39, 0.29) is 0 Å². The zero-order valence-electron chi connectivity index (χ0n) is 14.5. The number of aliphatic imine (C=N–C) groups is 1. The SMILES string of the molecule is Cc1ccc(C)c(N=Cc2cc(C)n(-c3ccc(Br)cc3)c2C)c1. The summed E-state index contributed by atoms with van der Waals surface area (Å²) in [6.07, 6.45) is 1.97. The zero-order valence-corrected chi connectivity index (χ0v) is 16.1. The molecule has 0 aliphatic carbocycles. The lowest BCUT2D eigenvalue weighted by Gasteiger charge is -2.09. The van der Waals surface area contributed by atoms with E-state index in [1.54, 1.807) is 0 Å². The Labute approximate surface area is 152 Å². The number of aryl methyl sites for hydroxylation is 3. The monoisotopic (exact) mass is 380 g/mol. The minimum Gasteiger partial charge on any atom is -0.318 e. The highest BCUT2D eigenvalue weighted by molar-refractivity contribution is 9.10. The molecular formula is C21H21BrN2. The minimum absolute atomic E-state index is 1.03. The van der Waals surface area contributed by atoms with Gasteiger partial charge in [-0.05, 0) is 75.2 Å². The van der Waals surface area contributed by atoms with Gasteiger partial charge in [0.25, 0.3) is 0 Å². The molecule has 0 aliphatic heterocycles. The third-order valence-corrected chi connectivity index (χ3v) is 4.79. The summed E-state index contributed by atoms with van der Waals surface area (Å²) in [6.45, 7) is 8.46. The lowest BCUT2D eigenvalue weighted by molar-refractivity contribution is 0.964. The number of halogens is 1. The predicted molar refractivity (Wildman–Crippen MR) is 106 cm³/mol. The predicted octanol–water partition coefficient (Wildman–Crippen LogP) is 6.22. The zero-order chi connectivity index (χ0) is 17.3. The third-order valence-electron chi connectivity index (χ3n) is 4.26. The van der Waals surface area contributed by atoms with E-state index in [0.29, 0.717) is 0 Å². The van der Waals surface area contributed by atoms with Crippen LogP contribution in [-0.2, 0) is 0 Å². The fraction of sp³-hybridized carbons (Fsp3) is 0.190. The first-order chi connectivity index (χ1) is 11.5. The molecule has 3 aromatic rings. The summed E-state index contributed by atoms with van der Waals surface area (Å²) in [7, 11) is 0. The Kier molecular flexibility index (Phi) is 4.72. The largest absolute Gasteiger partial charge is 0.318 e. The molecule has 0 aliphatic rings. The topological polar surface area (TPSA) is 17.3 Å². The van der Waals surface area contributed by atoms with Gasteiger partial charge in [-0.25, -0.2) is 0 Å². The average molecular weight is 381 g/mol. The number of hydrogen-bond donors (Lipinski definition) is 0. The molecule has 0 atom stereocenters. The number of nitrogens with zero attached hydrogens (tertiary/aromatic N) is 2. The van der Waals surface area contributed by atoms with Crippen molar-refractivity contribution in [2.45, 2.75) is 27.7 Å². The molecule has 0 unspecified atom stereocenters. The Morgan fingerprint density at radius 1 is 0.917 bits per heavy atom. The highest BCUT2D eigenvalue weighted by Gasteiger charge is 2.09. The second-order valence-electron chi connectivity index (χ2n) is 6.19. The van der Waals surface area contributed by atoms with Gasteiger partial charge in [0.1, 0.15) is 0 Å². The highest BCUT2D eigenvalue weighted by atomic mass is 79.9. The van der Waals surface area contributed by atoms with E-state index in [9.17, 15) is 0 Å². The Morgan fingerprint density at radius 2 is 1.62 bits per heavy atom. The van der Waals surface area contributed by atoms with Crippen LogP contribution in [0.25, 0.3) is 5.69 Å². The lowest BCUT2D eigenvalue weighted by Crippen LogP contribution is -1.99. The van der Waals surface area contributed by atoms with Crippen LogP contribution >= 0.6 is 15.9 Å². The molecule has 1 heterocycles. The molecule has 0 spiro atoms. The van der Waals surface area contributed by atoms with Crippen LogP contribution in [0.4, 0.5) is 5.69 Å². The maximum Gasteiger partial charge on any atom is 0.0661 e. The summed E-state index contributed by atoms with van der Waals surface area (Å²) < 4.78 is 3.35. The normalized spacial score (nSPS) is 11.4. The molecule has 3 rings (SSSR count). The van der Waals surface area contributed by atoms with Gasteiger partial charge in [0.15, 0.2) is 0 Å². The second-order valence-corrected chi connectivity index (χ2v) is 7.10. The molecule has 2 nitrogen and oxygen atoms in total. The number of aromatic nitrogens is 1. The fourth-order valence-electron chi connectivity index (χ4n) is 2.90. The molecule has 0 fully saturated rings. The molecule has 0 saturated carbocycles. The maximum absolute atomic E-state index is 4.71. The molecule has 0 amide bonds. The lowest BCUT2D eigenvalue weighted by atomic mass is 10.1. The van der Waals surface area contributed by atoms with Gasteiger partial charge < -0.3 is 4.57 Å². The van der Waals surface area contributed by atoms with E-state index in [4.69, 9.17) is 4.99 Å². The summed E-state index contributed by atoms with van der Waals surface area (Å²) >= 11 is 3.49. The van der Waals surface area contributed by atoms with Crippen molar-refractivity contribution >= 4 is 27.8 Å². The van der Waals surface area contributed by atoms with Crippen LogP contribution in [-0.4, -0.2) is 10.8 Å². The van der Waals surface area contributed by atoms with Crippen LogP contribution in [0.15, 0.2) is 58.0 Å². The van der Waals surface area contributed by atoms with Crippen molar-refractivity contribution in [3.63, 3.8) is 0 Å². The van der Waals surface area contributed by atoms with Crippen LogP contribution in [0.3, 0.4) is 0 Å². The van der Waals surface area contributed by atoms with Gasteiger partial charge in [-0.1, -0.05) is 28.1 Å². The van der Waals surface area contributed by atoms with Crippen LogP contribution in [0.5, 0.6) is 0 Å². The van der Waals surface area contributed by atoms with Gasteiger partial charge in [-0.15, -0.1) is 0 Å². The molecule has 3 heteroatoms. The van der Waals surface area contributed by atoms with Crippen LogP contribution < -0.4 is 0 Å². The van der Waals surface area contributed by atoms with Crippen molar-refractivity contribution in [3.8, 4) is 5.69 Å². The molecule has 0 N–H and O–H groups in total. The van der Waals surface area contributed by atoms with Gasteiger partial charge in [0.05, 0.1) is 5.69 Å². The second kappa shape index (κ2) is 6.78. The Morgan fingerprint density at radius 3 is 2.33 bits per heavy atom. The van der Waals surface area contributed by atoms with Gasteiger partial charge in [-0.2, -0.15) is 0 Å². The molecule has 2 aromatic carbocycles. The number of hydrogen-bond acceptors (Lipinski definition) is 1. The highest BCUT2D eigenvalue weighted by Crippen LogP contribution is 2.23. The Balaban J connectivity index is 1.98. The minimum atomic E-state index is 1.03. The summed E-state index contributed by atoms with van der Waals surface area (Å²) in [4.78, 5) is 4.71. The fourth-order valence-corrected chi connectivity index (χ4v) is 3.17. The van der Waals surface area contributed by atoms with Crippen molar-refractivity contribution in [1.29, 1.82) is 0 Å². The molecule has 24 heavy (non-hydrogen) atoms. The number of benzene rings is 2. The molecule has 1 aromatic heterocycles. The van der Waals surface area contributed by atoms with Crippen molar-refractivity contribution in [1.82, 2.24) is 4.57 Å². The van der Waals surface area contributed by atoms with E-state index < -0.39 is 0 Å². The standard InChI is InChI=1S/C21H21BrN2/c1-14-5-6-15(2)21(11-14)23-13-18-12-16(3)24(17(18)4)20-9-7-19(22)8-10-20/h5-13H,1-4H3. The van der Waals surface area contributed by atoms with Gasteiger partial charge in [-0.3, -0.25) is 4.99 Å². The first-order valence-electron chi connectivity index (χ1n) is 8.02. The van der Waals surface area contributed by atoms with Gasteiger partial charge in [0.2, 0.25) is 0 Å². The molecular weight excluding hydrogens is 360 g/mol. The first-order valence-corrected chi connectivity index (χ1v) is 8.81. The summed E-state index contributed by atoms with van der Waals surface area (Å²) in [5, 5.41) is 0. The third kappa shape index (κ3) is 3.36. The Bertz CT molecular complexity index is 902. The van der Waals surface area contributed by atoms with Crippen LogP contribution in [0, 0.1) is 27.7 Å². The molecule has 0 radical (unpaired) electrons. The quantitative estimate of drug-likeness (QED) is 0.479. The molecule has 122 valence electrons. The van der Waals surface area contributed by atoms with Gasteiger partial charge in [0, 0.05) is 33.3 Å². The van der Waals surface area contributed by atoms with E-state index in [1.807, 2.05) is 6.21 Å². The van der Waals surface area contributed by atoms with Crippen molar-refractivity contribution in [2.75, 3.05) is 0 Å². The van der Waals surface area contributed by atoms with E-state index in [2.05, 4.69) is 96.7 Å².